The molecular formula is C24H27FN2O4S. The van der Waals surface area contributed by atoms with Crippen molar-refractivity contribution in [1.82, 2.24) is 4.90 Å². The first-order chi connectivity index (χ1) is 15.6. The van der Waals surface area contributed by atoms with Crippen LogP contribution in [0.3, 0.4) is 0 Å². The van der Waals surface area contributed by atoms with E-state index in [4.69, 9.17) is 9.47 Å². The number of carbonyl (C=O) groups excluding carboxylic acids is 2. The summed E-state index contributed by atoms with van der Waals surface area (Å²) in [6, 6.07) is 13.7. The largest absolute Gasteiger partial charge is 0.452 e. The molecular weight excluding hydrogens is 431 g/mol. The molecule has 2 heterocycles. The molecule has 0 spiro atoms. The van der Waals surface area contributed by atoms with Crippen LogP contribution < -0.4 is 4.90 Å². The van der Waals surface area contributed by atoms with Crippen molar-refractivity contribution in [3.63, 3.8) is 0 Å². The van der Waals surface area contributed by atoms with E-state index in [1.165, 1.54) is 12.1 Å². The number of rotatable bonds is 7. The molecule has 0 aliphatic carbocycles. The van der Waals surface area contributed by atoms with Crippen LogP contribution in [0, 0.1) is 5.82 Å². The second kappa shape index (κ2) is 10.8. The van der Waals surface area contributed by atoms with Gasteiger partial charge in [0.15, 0.2) is 6.61 Å². The number of hydrogen-bond acceptors (Lipinski definition) is 6. The first-order valence-corrected chi connectivity index (χ1v) is 11.9. The molecule has 1 atom stereocenters. The molecule has 2 aliphatic rings. The van der Waals surface area contributed by atoms with Gasteiger partial charge in [-0.1, -0.05) is 12.1 Å². The number of amides is 1. The summed E-state index contributed by atoms with van der Waals surface area (Å²) in [6.07, 6.45) is 2.34. The van der Waals surface area contributed by atoms with Crippen molar-refractivity contribution in [3.8, 4) is 0 Å². The maximum atomic E-state index is 13.1. The Morgan fingerprint density at radius 2 is 1.81 bits per heavy atom. The monoisotopic (exact) mass is 458 g/mol. The zero-order valence-corrected chi connectivity index (χ0v) is 18.7. The molecule has 2 aromatic rings. The molecule has 6 nitrogen and oxygen atoms in total. The SMILES string of the molecule is O=C(OCC(=O)N1CCN(c2ccc(F)cc2)CC1)c1ccccc1SCC1CCCO1. The lowest BCUT2D eigenvalue weighted by atomic mass is 10.2. The number of ether oxygens (including phenoxy) is 2. The van der Waals surface area contributed by atoms with Crippen LogP contribution >= 0.6 is 11.8 Å². The van der Waals surface area contributed by atoms with Crippen molar-refractivity contribution >= 4 is 29.3 Å². The van der Waals surface area contributed by atoms with Gasteiger partial charge in [-0.3, -0.25) is 4.79 Å². The average Bonchev–Trinajstić information content (AvgIpc) is 3.35. The molecule has 2 fully saturated rings. The summed E-state index contributed by atoms with van der Waals surface area (Å²) >= 11 is 1.58. The second-order valence-corrected chi connectivity index (χ2v) is 8.92. The molecule has 2 aliphatic heterocycles. The highest BCUT2D eigenvalue weighted by Gasteiger charge is 2.23. The molecule has 0 radical (unpaired) electrons. The van der Waals surface area contributed by atoms with Gasteiger partial charge in [0.2, 0.25) is 0 Å². The van der Waals surface area contributed by atoms with Crippen LogP contribution in [0.2, 0.25) is 0 Å². The Kier molecular flexibility index (Phi) is 7.65. The van der Waals surface area contributed by atoms with E-state index in [0.717, 1.165) is 35.8 Å². The van der Waals surface area contributed by atoms with Gasteiger partial charge >= 0.3 is 5.97 Å². The van der Waals surface area contributed by atoms with Crippen molar-refractivity contribution in [1.29, 1.82) is 0 Å². The van der Waals surface area contributed by atoms with Crippen molar-refractivity contribution in [3.05, 3.63) is 59.9 Å². The first-order valence-electron chi connectivity index (χ1n) is 10.9. The predicted octanol–water partition coefficient (Wildman–Crippen LogP) is 3.60. The molecule has 2 aromatic carbocycles. The van der Waals surface area contributed by atoms with Crippen molar-refractivity contribution in [2.45, 2.75) is 23.8 Å². The number of halogens is 1. The predicted molar refractivity (Wildman–Crippen MR) is 122 cm³/mol. The molecule has 8 heteroatoms. The third kappa shape index (κ3) is 5.81. The van der Waals surface area contributed by atoms with Crippen molar-refractivity contribution in [2.24, 2.45) is 0 Å². The van der Waals surface area contributed by atoms with E-state index in [9.17, 15) is 14.0 Å². The highest BCUT2D eigenvalue weighted by Crippen LogP contribution is 2.27. The van der Waals surface area contributed by atoms with Gasteiger partial charge in [-0.15, -0.1) is 11.8 Å². The Labute approximate surface area is 191 Å². The Morgan fingerprint density at radius 3 is 2.53 bits per heavy atom. The van der Waals surface area contributed by atoms with Gasteiger partial charge in [-0.2, -0.15) is 0 Å². The maximum Gasteiger partial charge on any atom is 0.339 e. The van der Waals surface area contributed by atoms with Crippen LogP contribution in [0.1, 0.15) is 23.2 Å². The molecule has 0 bridgehead atoms. The zero-order valence-electron chi connectivity index (χ0n) is 17.9. The van der Waals surface area contributed by atoms with Crippen LogP contribution in [-0.4, -0.2) is 68.0 Å². The van der Waals surface area contributed by atoms with Gasteiger partial charge in [0.25, 0.3) is 5.91 Å². The second-order valence-electron chi connectivity index (χ2n) is 7.86. The fraction of sp³-hybridized carbons (Fsp3) is 0.417. The Hall–Kier alpha value is -2.58. The Bertz CT molecular complexity index is 926. The van der Waals surface area contributed by atoms with Crippen LogP contribution in [-0.2, 0) is 14.3 Å². The van der Waals surface area contributed by atoms with Crippen molar-refractivity contribution in [2.75, 3.05) is 50.0 Å². The highest BCUT2D eigenvalue weighted by molar-refractivity contribution is 7.99. The lowest BCUT2D eigenvalue weighted by Gasteiger charge is -2.36. The lowest BCUT2D eigenvalue weighted by Crippen LogP contribution is -2.49. The minimum absolute atomic E-state index is 0.207. The summed E-state index contributed by atoms with van der Waals surface area (Å²) in [4.78, 5) is 29.9. The van der Waals surface area contributed by atoms with Gasteiger partial charge < -0.3 is 19.3 Å². The number of esters is 1. The minimum Gasteiger partial charge on any atom is -0.452 e. The van der Waals surface area contributed by atoms with E-state index >= 15 is 0 Å². The van der Waals surface area contributed by atoms with Gasteiger partial charge in [0.05, 0.1) is 11.7 Å². The molecule has 1 amide bonds. The average molecular weight is 459 g/mol. The molecule has 4 rings (SSSR count). The molecule has 170 valence electrons. The van der Waals surface area contributed by atoms with Crippen LogP contribution in [0.25, 0.3) is 0 Å². The normalized spacial score (nSPS) is 18.6. The number of piperazine rings is 1. The Morgan fingerprint density at radius 1 is 1.06 bits per heavy atom. The quantitative estimate of drug-likeness (QED) is 0.467. The highest BCUT2D eigenvalue weighted by atomic mass is 32.2. The van der Waals surface area contributed by atoms with E-state index in [1.54, 1.807) is 40.9 Å². The fourth-order valence-electron chi connectivity index (χ4n) is 3.88. The summed E-state index contributed by atoms with van der Waals surface area (Å²) < 4.78 is 24.1. The minimum atomic E-state index is -0.487. The molecule has 0 saturated carbocycles. The van der Waals surface area contributed by atoms with E-state index in [1.807, 2.05) is 12.1 Å². The Balaban J connectivity index is 1.25. The molecule has 1 unspecified atom stereocenters. The number of benzene rings is 2. The summed E-state index contributed by atoms with van der Waals surface area (Å²) in [7, 11) is 0. The third-order valence-corrected chi connectivity index (χ3v) is 6.91. The van der Waals surface area contributed by atoms with Gasteiger partial charge in [-0.25, -0.2) is 9.18 Å². The van der Waals surface area contributed by atoms with Gasteiger partial charge in [0, 0.05) is 49.1 Å². The molecule has 2 saturated heterocycles. The summed E-state index contributed by atoms with van der Waals surface area (Å²) in [6.45, 7) is 2.88. The van der Waals surface area contributed by atoms with Crippen LogP contribution in [0.5, 0.6) is 0 Å². The molecule has 0 N–H and O–H groups in total. The van der Waals surface area contributed by atoms with E-state index in [0.29, 0.717) is 31.7 Å². The van der Waals surface area contributed by atoms with E-state index in [-0.39, 0.29) is 24.4 Å². The maximum absolute atomic E-state index is 13.1. The third-order valence-electron chi connectivity index (χ3n) is 5.71. The first kappa shape index (κ1) is 22.6. The topological polar surface area (TPSA) is 59.1 Å². The smallest absolute Gasteiger partial charge is 0.339 e. The summed E-state index contributed by atoms with van der Waals surface area (Å²) in [5.74, 6) is -0.168. The fourth-order valence-corrected chi connectivity index (χ4v) is 4.99. The number of nitrogens with zero attached hydrogens (tertiary/aromatic N) is 2. The van der Waals surface area contributed by atoms with Crippen LogP contribution in [0.4, 0.5) is 10.1 Å². The number of thioether (sulfide) groups is 1. The zero-order chi connectivity index (χ0) is 22.3. The number of anilines is 1. The number of carbonyl (C=O) groups is 2. The molecule has 0 aromatic heterocycles. The summed E-state index contributed by atoms with van der Waals surface area (Å²) in [5.41, 5.74) is 1.41. The number of hydrogen-bond donors (Lipinski definition) is 0. The van der Waals surface area contributed by atoms with Gasteiger partial charge in [-0.05, 0) is 49.2 Å². The van der Waals surface area contributed by atoms with Crippen molar-refractivity contribution < 1.29 is 23.5 Å². The summed E-state index contributed by atoms with van der Waals surface area (Å²) in [5, 5.41) is 0. The van der Waals surface area contributed by atoms with Crippen LogP contribution in [0.15, 0.2) is 53.4 Å². The lowest BCUT2D eigenvalue weighted by molar-refractivity contribution is -0.134. The van der Waals surface area contributed by atoms with Gasteiger partial charge in [0.1, 0.15) is 5.82 Å². The standard InChI is InChI=1S/C24H27FN2O4S/c25-18-7-9-19(10-8-18)26-11-13-27(14-12-26)23(28)16-31-24(29)21-5-1-2-6-22(21)32-17-20-4-3-15-30-20/h1-2,5-10,20H,3-4,11-17H2. The van der Waals surface area contributed by atoms with E-state index in [2.05, 4.69) is 4.90 Å². The van der Waals surface area contributed by atoms with E-state index < -0.39 is 5.97 Å². The molecule has 32 heavy (non-hydrogen) atoms.